The molecule has 4 rings (SSSR count). The molecule has 0 N–H and O–H groups in total. The zero-order chi connectivity index (χ0) is 17.8. The molecular formula is C20H26N2O3. The Morgan fingerprint density at radius 3 is 2.80 bits per heavy atom. The van der Waals surface area contributed by atoms with Gasteiger partial charge in [-0.25, -0.2) is 4.79 Å². The molecule has 2 aromatic rings. The summed E-state index contributed by atoms with van der Waals surface area (Å²) < 4.78 is 15.1. The van der Waals surface area contributed by atoms with Gasteiger partial charge in [-0.05, 0) is 37.3 Å². The van der Waals surface area contributed by atoms with Gasteiger partial charge in [0.15, 0.2) is 5.79 Å². The van der Waals surface area contributed by atoms with Gasteiger partial charge in [0, 0.05) is 13.1 Å². The SMILES string of the molecule is CC1(C)OCC(C=CCn2c(=O)n3c4c(cccc42)C(C)(C)CC3)O1. The average Bonchev–Trinajstić information content (AvgIpc) is 3.02. The van der Waals surface area contributed by atoms with Crippen molar-refractivity contribution in [2.24, 2.45) is 0 Å². The standard InChI is InChI=1S/C20H26N2O3/c1-19(2)10-12-22-17-15(19)8-5-9-16(17)21(18(22)23)11-6-7-14-13-24-20(3,4)25-14/h5-9,14H,10-13H2,1-4H3. The van der Waals surface area contributed by atoms with E-state index >= 15 is 0 Å². The lowest BCUT2D eigenvalue weighted by molar-refractivity contribution is -0.133. The van der Waals surface area contributed by atoms with E-state index in [0.717, 1.165) is 24.0 Å². The molecule has 0 radical (unpaired) electrons. The molecule has 1 unspecified atom stereocenters. The van der Waals surface area contributed by atoms with Crippen molar-refractivity contribution in [2.45, 2.75) is 64.5 Å². The normalized spacial score (nSPS) is 24.4. The Labute approximate surface area is 147 Å². The number of nitrogens with zero attached hydrogens (tertiary/aromatic N) is 2. The topological polar surface area (TPSA) is 45.4 Å². The minimum absolute atomic E-state index is 0.0516. The van der Waals surface area contributed by atoms with Crippen LogP contribution < -0.4 is 5.69 Å². The van der Waals surface area contributed by atoms with Gasteiger partial charge >= 0.3 is 5.69 Å². The van der Waals surface area contributed by atoms with E-state index in [1.807, 2.05) is 41.2 Å². The number of aromatic nitrogens is 2. The number of allylic oxidation sites excluding steroid dienone is 1. The molecule has 3 heterocycles. The summed E-state index contributed by atoms with van der Waals surface area (Å²) in [5, 5.41) is 0. The van der Waals surface area contributed by atoms with Crippen molar-refractivity contribution in [3.8, 4) is 0 Å². The van der Waals surface area contributed by atoms with Gasteiger partial charge < -0.3 is 9.47 Å². The number of aryl methyl sites for hydroxylation is 1. The van der Waals surface area contributed by atoms with Crippen molar-refractivity contribution in [1.82, 2.24) is 9.13 Å². The zero-order valence-electron chi connectivity index (χ0n) is 15.4. The highest BCUT2D eigenvalue weighted by Gasteiger charge is 2.32. The molecule has 1 atom stereocenters. The first-order valence-electron chi connectivity index (χ1n) is 8.99. The summed E-state index contributed by atoms with van der Waals surface area (Å²) in [5.41, 5.74) is 3.56. The van der Waals surface area contributed by atoms with Crippen LogP contribution in [0.15, 0.2) is 35.1 Å². The van der Waals surface area contributed by atoms with Gasteiger partial charge in [0.1, 0.15) is 6.10 Å². The van der Waals surface area contributed by atoms with Crippen LogP contribution in [0.1, 0.15) is 39.7 Å². The van der Waals surface area contributed by atoms with Crippen LogP contribution in [0.5, 0.6) is 0 Å². The maximum Gasteiger partial charge on any atom is 0.329 e. The van der Waals surface area contributed by atoms with E-state index in [4.69, 9.17) is 9.47 Å². The third-order valence-corrected chi connectivity index (χ3v) is 5.40. The quantitative estimate of drug-likeness (QED) is 0.805. The minimum Gasteiger partial charge on any atom is -0.347 e. The molecule has 2 aliphatic heterocycles. The number of imidazole rings is 1. The van der Waals surface area contributed by atoms with E-state index in [-0.39, 0.29) is 17.2 Å². The van der Waals surface area contributed by atoms with Gasteiger partial charge in [-0.1, -0.05) is 38.1 Å². The largest absolute Gasteiger partial charge is 0.347 e. The fourth-order valence-corrected chi connectivity index (χ4v) is 3.96. The Balaban J connectivity index is 1.67. The maximum absolute atomic E-state index is 12.9. The van der Waals surface area contributed by atoms with Crippen molar-refractivity contribution >= 4 is 11.0 Å². The molecule has 1 aromatic carbocycles. The van der Waals surface area contributed by atoms with Crippen LogP contribution in [-0.2, 0) is 28.0 Å². The van der Waals surface area contributed by atoms with Crippen molar-refractivity contribution < 1.29 is 9.47 Å². The van der Waals surface area contributed by atoms with E-state index in [1.165, 1.54) is 5.56 Å². The van der Waals surface area contributed by atoms with Gasteiger partial charge in [0.25, 0.3) is 0 Å². The van der Waals surface area contributed by atoms with Crippen LogP contribution in [-0.4, -0.2) is 27.6 Å². The Morgan fingerprint density at radius 2 is 2.08 bits per heavy atom. The molecule has 25 heavy (non-hydrogen) atoms. The predicted molar refractivity (Wildman–Crippen MR) is 97.9 cm³/mol. The number of ether oxygens (including phenoxy) is 2. The Hall–Kier alpha value is -1.85. The molecular weight excluding hydrogens is 316 g/mol. The number of benzene rings is 1. The van der Waals surface area contributed by atoms with E-state index in [9.17, 15) is 4.79 Å². The number of hydrogen-bond donors (Lipinski definition) is 0. The second kappa shape index (κ2) is 5.58. The molecule has 0 aliphatic carbocycles. The number of para-hydroxylation sites is 1. The number of rotatable bonds is 3. The molecule has 5 heteroatoms. The van der Waals surface area contributed by atoms with Crippen LogP contribution in [0.3, 0.4) is 0 Å². The van der Waals surface area contributed by atoms with Crippen LogP contribution in [0.4, 0.5) is 0 Å². The zero-order valence-corrected chi connectivity index (χ0v) is 15.4. The second-order valence-electron chi connectivity index (χ2n) is 8.15. The second-order valence-corrected chi connectivity index (χ2v) is 8.15. The van der Waals surface area contributed by atoms with Crippen LogP contribution >= 0.6 is 0 Å². The molecule has 2 aliphatic rings. The molecule has 1 aromatic heterocycles. The molecule has 1 saturated heterocycles. The van der Waals surface area contributed by atoms with E-state index in [0.29, 0.717) is 13.2 Å². The molecule has 0 bridgehead atoms. The molecule has 134 valence electrons. The summed E-state index contributed by atoms with van der Waals surface area (Å²) in [7, 11) is 0. The molecule has 0 saturated carbocycles. The third kappa shape index (κ3) is 2.75. The first kappa shape index (κ1) is 16.6. The van der Waals surface area contributed by atoms with E-state index in [1.54, 1.807) is 0 Å². The van der Waals surface area contributed by atoms with E-state index in [2.05, 4.69) is 26.0 Å². The first-order chi connectivity index (χ1) is 11.8. The van der Waals surface area contributed by atoms with Gasteiger partial charge in [-0.15, -0.1) is 0 Å². The van der Waals surface area contributed by atoms with Crippen LogP contribution in [0, 0.1) is 0 Å². The third-order valence-electron chi connectivity index (χ3n) is 5.40. The Morgan fingerprint density at radius 1 is 1.28 bits per heavy atom. The molecule has 0 spiro atoms. The van der Waals surface area contributed by atoms with Crippen molar-refractivity contribution in [1.29, 1.82) is 0 Å². The summed E-state index contributed by atoms with van der Waals surface area (Å²) in [4.78, 5) is 12.9. The summed E-state index contributed by atoms with van der Waals surface area (Å²) in [6.45, 7) is 10.2. The maximum atomic E-state index is 12.9. The monoisotopic (exact) mass is 342 g/mol. The molecule has 5 nitrogen and oxygen atoms in total. The summed E-state index contributed by atoms with van der Waals surface area (Å²) >= 11 is 0. The lowest BCUT2D eigenvalue weighted by Gasteiger charge is -2.30. The lowest BCUT2D eigenvalue weighted by atomic mass is 9.79. The van der Waals surface area contributed by atoms with Crippen molar-refractivity contribution in [3.05, 3.63) is 46.4 Å². The Bertz CT molecular complexity index is 902. The van der Waals surface area contributed by atoms with Crippen LogP contribution in [0.2, 0.25) is 0 Å². The van der Waals surface area contributed by atoms with Gasteiger partial charge in [-0.2, -0.15) is 0 Å². The first-order valence-corrected chi connectivity index (χ1v) is 8.99. The van der Waals surface area contributed by atoms with Crippen molar-refractivity contribution in [2.75, 3.05) is 6.61 Å². The van der Waals surface area contributed by atoms with Gasteiger partial charge in [0.2, 0.25) is 0 Å². The van der Waals surface area contributed by atoms with Gasteiger partial charge in [0.05, 0.1) is 17.6 Å². The lowest BCUT2D eigenvalue weighted by Crippen LogP contribution is -2.31. The Kier molecular flexibility index (Phi) is 3.71. The fraction of sp³-hybridized carbons (Fsp3) is 0.550. The molecule has 1 fully saturated rings. The summed E-state index contributed by atoms with van der Waals surface area (Å²) in [6, 6.07) is 6.26. The highest BCUT2D eigenvalue weighted by atomic mass is 16.7. The van der Waals surface area contributed by atoms with Crippen LogP contribution in [0.25, 0.3) is 11.0 Å². The van der Waals surface area contributed by atoms with E-state index < -0.39 is 5.79 Å². The summed E-state index contributed by atoms with van der Waals surface area (Å²) in [6.07, 6.45) is 4.94. The number of hydrogen-bond acceptors (Lipinski definition) is 3. The van der Waals surface area contributed by atoms with Crippen molar-refractivity contribution in [3.63, 3.8) is 0 Å². The highest BCUT2D eigenvalue weighted by molar-refractivity contribution is 5.81. The summed E-state index contributed by atoms with van der Waals surface area (Å²) in [5.74, 6) is -0.527. The molecule has 0 amide bonds. The average molecular weight is 342 g/mol. The fourth-order valence-electron chi connectivity index (χ4n) is 3.96. The smallest absolute Gasteiger partial charge is 0.329 e. The van der Waals surface area contributed by atoms with Gasteiger partial charge in [-0.3, -0.25) is 9.13 Å². The minimum atomic E-state index is -0.527. The predicted octanol–water partition coefficient (Wildman–Crippen LogP) is 3.19. The highest BCUT2D eigenvalue weighted by Crippen LogP contribution is 2.36.